The fraction of sp³-hybridized carbons (Fsp3) is 0.208. The summed E-state index contributed by atoms with van der Waals surface area (Å²) in [5, 5.41) is 2.77. The quantitative estimate of drug-likeness (QED) is 0.484. The van der Waals surface area contributed by atoms with Gasteiger partial charge in [0.05, 0.1) is 6.61 Å². The maximum absolute atomic E-state index is 12.8. The fourth-order valence-electron chi connectivity index (χ4n) is 2.94. The van der Waals surface area contributed by atoms with Crippen molar-refractivity contribution in [1.82, 2.24) is 4.72 Å². The van der Waals surface area contributed by atoms with Crippen LogP contribution in [0.25, 0.3) is 0 Å². The van der Waals surface area contributed by atoms with E-state index in [1.165, 1.54) is 18.2 Å². The van der Waals surface area contributed by atoms with E-state index >= 15 is 0 Å². The van der Waals surface area contributed by atoms with Crippen molar-refractivity contribution in [3.8, 4) is 17.2 Å². The van der Waals surface area contributed by atoms with Crippen LogP contribution in [-0.4, -0.2) is 27.0 Å². The normalized spacial score (nSPS) is 11.2. The summed E-state index contributed by atoms with van der Waals surface area (Å²) in [6.07, 6.45) is 0. The summed E-state index contributed by atoms with van der Waals surface area (Å²) < 4.78 is 39.2. The first-order chi connectivity index (χ1) is 15.3. The third kappa shape index (κ3) is 6.09. The number of ether oxygens (including phenoxy) is 2. The van der Waals surface area contributed by atoms with Crippen molar-refractivity contribution >= 4 is 21.6 Å². The summed E-state index contributed by atoms with van der Waals surface area (Å²) in [4.78, 5) is 12.7. The van der Waals surface area contributed by atoms with E-state index in [-0.39, 0.29) is 22.3 Å². The summed E-state index contributed by atoms with van der Waals surface area (Å²) in [7, 11) is -3.85. The molecule has 0 spiro atoms. The van der Waals surface area contributed by atoms with Gasteiger partial charge < -0.3 is 14.8 Å². The van der Waals surface area contributed by atoms with Crippen molar-refractivity contribution in [3.05, 3.63) is 78.4 Å². The van der Waals surface area contributed by atoms with Crippen LogP contribution in [0, 0.1) is 0 Å². The van der Waals surface area contributed by atoms with Crippen LogP contribution in [0.4, 0.5) is 5.69 Å². The van der Waals surface area contributed by atoms with Crippen LogP contribution >= 0.6 is 0 Å². The molecule has 0 atom stereocenters. The molecule has 1 amide bonds. The van der Waals surface area contributed by atoms with Crippen LogP contribution in [-0.2, 0) is 10.0 Å². The lowest BCUT2D eigenvalue weighted by atomic mass is 10.2. The summed E-state index contributed by atoms with van der Waals surface area (Å²) in [5.41, 5.74) is 0.746. The second kappa shape index (κ2) is 10.3. The minimum atomic E-state index is -3.85. The Hall–Kier alpha value is -3.36. The van der Waals surface area contributed by atoms with Crippen molar-refractivity contribution in [3.63, 3.8) is 0 Å². The predicted molar refractivity (Wildman–Crippen MR) is 124 cm³/mol. The molecule has 0 fully saturated rings. The van der Waals surface area contributed by atoms with Crippen molar-refractivity contribution in [2.24, 2.45) is 0 Å². The van der Waals surface area contributed by atoms with Gasteiger partial charge in [0.15, 0.2) is 0 Å². The molecule has 0 heterocycles. The molecule has 2 N–H and O–H groups in total. The van der Waals surface area contributed by atoms with Gasteiger partial charge in [0, 0.05) is 17.3 Å². The molecule has 8 heteroatoms. The monoisotopic (exact) mass is 454 g/mol. The minimum Gasteiger partial charge on any atom is -0.492 e. The highest BCUT2D eigenvalue weighted by atomic mass is 32.2. The molecule has 0 bridgehead atoms. The number of para-hydroxylation sites is 1. The third-order valence-electron chi connectivity index (χ3n) is 4.28. The Labute approximate surface area is 188 Å². The maximum Gasteiger partial charge on any atom is 0.255 e. The first kappa shape index (κ1) is 23.3. The summed E-state index contributed by atoms with van der Waals surface area (Å²) in [6.45, 7) is 5.50. The molecular weight excluding hydrogens is 428 g/mol. The molecule has 32 heavy (non-hydrogen) atoms. The minimum absolute atomic E-state index is 0.0766. The number of sulfonamides is 1. The average Bonchev–Trinajstić information content (AvgIpc) is 2.75. The van der Waals surface area contributed by atoms with Gasteiger partial charge in [-0.05, 0) is 75.4 Å². The number of carbonyl (C=O) groups excluding carboxylic acids is 1. The summed E-state index contributed by atoms with van der Waals surface area (Å²) in [5.74, 6) is 1.09. The third-order valence-corrected chi connectivity index (χ3v) is 5.96. The zero-order valence-electron chi connectivity index (χ0n) is 18.2. The van der Waals surface area contributed by atoms with E-state index in [1.807, 2.05) is 30.3 Å². The Bertz CT molecular complexity index is 1160. The SMILES string of the molecule is CCOc1ccc(C(=O)Nc2ccc(Oc3ccccc3)cc2)cc1S(=O)(=O)NC(C)C. The van der Waals surface area contributed by atoms with Gasteiger partial charge in [-0.2, -0.15) is 0 Å². The number of hydrogen-bond acceptors (Lipinski definition) is 5. The Kier molecular flexibility index (Phi) is 7.50. The van der Waals surface area contributed by atoms with Crippen molar-refractivity contribution in [2.45, 2.75) is 31.7 Å². The van der Waals surface area contributed by atoms with E-state index in [9.17, 15) is 13.2 Å². The molecular formula is C24H26N2O5S. The van der Waals surface area contributed by atoms with Gasteiger partial charge in [-0.1, -0.05) is 18.2 Å². The molecule has 3 rings (SSSR count). The van der Waals surface area contributed by atoms with E-state index in [0.29, 0.717) is 23.8 Å². The van der Waals surface area contributed by atoms with Crippen LogP contribution in [0.1, 0.15) is 31.1 Å². The van der Waals surface area contributed by atoms with E-state index < -0.39 is 15.9 Å². The van der Waals surface area contributed by atoms with Gasteiger partial charge >= 0.3 is 0 Å². The maximum atomic E-state index is 12.8. The first-order valence-electron chi connectivity index (χ1n) is 10.2. The van der Waals surface area contributed by atoms with E-state index in [1.54, 1.807) is 45.0 Å². The van der Waals surface area contributed by atoms with Crippen LogP contribution in [0.3, 0.4) is 0 Å². The van der Waals surface area contributed by atoms with Crippen LogP contribution in [0.15, 0.2) is 77.7 Å². The Balaban J connectivity index is 1.78. The number of nitrogens with one attached hydrogen (secondary N) is 2. The number of benzene rings is 3. The molecule has 0 radical (unpaired) electrons. The number of carbonyl (C=O) groups is 1. The highest BCUT2D eigenvalue weighted by Gasteiger charge is 2.23. The molecule has 0 aliphatic carbocycles. The zero-order chi connectivity index (χ0) is 23.1. The molecule has 3 aromatic carbocycles. The van der Waals surface area contributed by atoms with E-state index in [4.69, 9.17) is 9.47 Å². The highest BCUT2D eigenvalue weighted by molar-refractivity contribution is 7.89. The molecule has 168 valence electrons. The molecule has 0 saturated heterocycles. The van der Waals surface area contributed by atoms with Gasteiger partial charge in [0.1, 0.15) is 22.1 Å². The molecule has 0 saturated carbocycles. The molecule has 0 unspecified atom stereocenters. The lowest BCUT2D eigenvalue weighted by Crippen LogP contribution is -2.30. The highest BCUT2D eigenvalue weighted by Crippen LogP contribution is 2.27. The summed E-state index contributed by atoms with van der Waals surface area (Å²) in [6, 6.07) is 20.3. The molecule has 7 nitrogen and oxygen atoms in total. The molecule has 3 aromatic rings. The fourth-order valence-corrected chi connectivity index (χ4v) is 4.36. The Morgan fingerprint density at radius 2 is 1.59 bits per heavy atom. The Morgan fingerprint density at radius 3 is 2.22 bits per heavy atom. The first-order valence-corrected chi connectivity index (χ1v) is 11.7. The molecule has 0 aliphatic heterocycles. The van der Waals surface area contributed by atoms with Gasteiger partial charge in [-0.25, -0.2) is 13.1 Å². The van der Waals surface area contributed by atoms with Gasteiger partial charge in [-0.3, -0.25) is 4.79 Å². The predicted octanol–water partition coefficient (Wildman–Crippen LogP) is 4.82. The zero-order valence-corrected chi connectivity index (χ0v) is 19.0. The van der Waals surface area contributed by atoms with Crippen molar-refractivity contribution in [2.75, 3.05) is 11.9 Å². The molecule has 0 aromatic heterocycles. The second-order valence-corrected chi connectivity index (χ2v) is 8.95. The molecule has 0 aliphatic rings. The topological polar surface area (TPSA) is 93.7 Å². The van der Waals surface area contributed by atoms with Gasteiger partial charge in [-0.15, -0.1) is 0 Å². The summed E-state index contributed by atoms with van der Waals surface area (Å²) >= 11 is 0. The van der Waals surface area contributed by atoms with Crippen molar-refractivity contribution < 1.29 is 22.7 Å². The number of anilines is 1. The van der Waals surface area contributed by atoms with Crippen molar-refractivity contribution in [1.29, 1.82) is 0 Å². The van der Waals surface area contributed by atoms with E-state index in [0.717, 1.165) is 0 Å². The Morgan fingerprint density at radius 1 is 0.938 bits per heavy atom. The number of amides is 1. The average molecular weight is 455 g/mol. The number of hydrogen-bond donors (Lipinski definition) is 2. The lowest BCUT2D eigenvalue weighted by molar-refractivity contribution is 0.102. The van der Waals surface area contributed by atoms with Gasteiger partial charge in [0.2, 0.25) is 10.0 Å². The van der Waals surface area contributed by atoms with Crippen LogP contribution in [0.5, 0.6) is 17.2 Å². The number of rotatable bonds is 9. The smallest absolute Gasteiger partial charge is 0.255 e. The van der Waals surface area contributed by atoms with Gasteiger partial charge in [0.25, 0.3) is 5.91 Å². The largest absolute Gasteiger partial charge is 0.492 e. The van der Waals surface area contributed by atoms with Crippen LogP contribution < -0.4 is 19.5 Å². The second-order valence-electron chi connectivity index (χ2n) is 7.26. The lowest BCUT2D eigenvalue weighted by Gasteiger charge is -2.15. The van der Waals surface area contributed by atoms with Crippen LogP contribution in [0.2, 0.25) is 0 Å². The standard InChI is InChI=1S/C24H26N2O5S/c1-4-30-22-15-10-18(16-23(22)32(28,29)26-17(2)3)24(27)25-19-11-13-21(14-12-19)31-20-8-6-5-7-9-20/h5-17,26H,4H2,1-3H3,(H,25,27). The van der Waals surface area contributed by atoms with E-state index in [2.05, 4.69) is 10.0 Å².